The number of nitrogens with zero attached hydrogens (tertiary/aromatic N) is 2. The number of rotatable bonds is 2. The molecule has 0 bridgehead atoms. The van der Waals surface area contributed by atoms with Crippen molar-refractivity contribution in [3.8, 4) is 5.69 Å². The van der Waals surface area contributed by atoms with E-state index in [-0.39, 0.29) is 11.5 Å². The Morgan fingerprint density at radius 1 is 1.17 bits per heavy atom. The Hall–Kier alpha value is -3.09. The van der Waals surface area contributed by atoms with Gasteiger partial charge >= 0.3 is 5.97 Å². The molecule has 6 nitrogen and oxygen atoms in total. The molecule has 3 aromatic rings. The first kappa shape index (κ1) is 16.3. The molecule has 120 valence electrons. The largest absolute Gasteiger partial charge is 0.476 e. The van der Waals surface area contributed by atoms with Gasteiger partial charge in [-0.05, 0) is 50.2 Å². The van der Waals surface area contributed by atoms with Crippen molar-refractivity contribution in [2.45, 2.75) is 13.8 Å². The van der Waals surface area contributed by atoms with Crippen LogP contribution in [0.15, 0.2) is 42.6 Å². The zero-order chi connectivity index (χ0) is 17.0. The number of carboxylic acid groups (broad SMARTS) is 1. The fourth-order valence-corrected chi connectivity index (χ4v) is 2.12. The standard InChI is InChI=1S/C10H11N3O2.C6H6FN/c1-6-3-4-7(2)13(6)8-5-11-12-9(8)10(14)15;7-5-1-3-6(8)4-2-5/h3-5H,1-2H3,(H,11,12)(H,14,15);1-4H,8H2. The second kappa shape index (κ2) is 6.78. The van der Waals surface area contributed by atoms with E-state index in [0.29, 0.717) is 11.4 Å². The third-order valence-corrected chi connectivity index (χ3v) is 3.20. The lowest BCUT2D eigenvalue weighted by Gasteiger charge is -2.06. The molecule has 0 saturated heterocycles. The molecule has 0 fully saturated rings. The number of anilines is 1. The van der Waals surface area contributed by atoms with Crippen molar-refractivity contribution >= 4 is 11.7 Å². The molecule has 1 aromatic carbocycles. The number of aryl methyl sites for hydroxylation is 2. The molecule has 0 aliphatic heterocycles. The summed E-state index contributed by atoms with van der Waals surface area (Å²) in [4.78, 5) is 10.9. The summed E-state index contributed by atoms with van der Waals surface area (Å²) in [6.07, 6.45) is 1.59. The van der Waals surface area contributed by atoms with E-state index in [2.05, 4.69) is 10.2 Å². The fourth-order valence-electron chi connectivity index (χ4n) is 2.12. The molecular weight excluding hydrogens is 299 g/mol. The maximum Gasteiger partial charge on any atom is 0.358 e. The summed E-state index contributed by atoms with van der Waals surface area (Å²) < 4.78 is 13.9. The van der Waals surface area contributed by atoms with Gasteiger partial charge in [0.05, 0.1) is 5.69 Å². The van der Waals surface area contributed by atoms with E-state index in [9.17, 15) is 9.18 Å². The maximum absolute atomic E-state index is 12.0. The first-order valence-corrected chi connectivity index (χ1v) is 6.83. The first-order valence-electron chi connectivity index (χ1n) is 6.83. The number of carboxylic acids is 1. The van der Waals surface area contributed by atoms with Gasteiger partial charge in [-0.3, -0.25) is 5.10 Å². The second-order valence-electron chi connectivity index (χ2n) is 4.93. The summed E-state index contributed by atoms with van der Waals surface area (Å²) in [5.41, 5.74) is 8.43. The van der Waals surface area contributed by atoms with Crippen molar-refractivity contribution in [1.82, 2.24) is 14.8 Å². The van der Waals surface area contributed by atoms with E-state index >= 15 is 0 Å². The molecule has 7 heteroatoms. The van der Waals surface area contributed by atoms with Gasteiger partial charge in [0.15, 0.2) is 5.69 Å². The van der Waals surface area contributed by atoms with Gasteiger partial charge in [-0.1, -0.05) is 0 Å². The molecule has 0 saturated carbocycles. The van der Waals surface area contributed by atoms with Crippen LogP contribution >= 0.6 is 0 Å². The van der Waals surface area contributed by atoms with Crippen molar-refractivity contribution in [3.05, 3.63) is 65.5 Å². The van der Waals surface area contributed by atoms with Gasteiger partial charge in [0.2, 0.25) is 0 Å². The second-order valence-corrected chi connectivity index (χ2v) is 4.93. The van der Waals surface area contributed by atoms with Gasteiger partial charge < -0.3 is 15.4 Å². The molecular formula is C16H17FN4O2. The molecule has 2 heterocycles. The molecule has 0 amide bonds. The molecule has 0 aliphatic rings. The number of hydrogen-bond acceptors (Lipinski definition) is 3. The summed E-state index contributed by atoms with van der Waals surface area (Å²) in [5, 5.41) is 15.2. The van der Waals surface area contributed by atoms with Gasteiger partial charge in [0.1, 0.15) is 5.82 Å². The monoisotopic (exact) mass is 316 g/mol. The summed E-state index contributed by atoms with van der Waals surface area (Å²) in [5.74, 6) is -1.28. The van der Waals surface area contributed by atoms with E-state index in [1.807, 2.05) is 30.5 Å². The third-order valence-electron chi connectivity index (χ3n) is 3.20. The van der Waals surface area contributed by atoms with Crippen molar-refractivity contribution in [2.24, 2.45) is 0 Å². The number of carbonyl (C=O) groups is 1. The number of nitrogens with two attached hydrogens (primary N) is 1. The summed E-state index contributed by atoms with van der Waals surface area (Å²) >= 11 is 0. The molecule has 0 atom stereocenters. The number of nitrogen functional groups attached to an aromatic ring is 1. The third kappa shape index (κ3) is 3.76. The lowest BCUT2D eigenvalue weighted by Crippen LogP contribution is -2.06. The lowest BCUT2D eigenvalue weighted by molar-refractivity contribution is 0.0690. The van der Waals surface area contributed by atoms with Crippen LogP contribution in [-0.2, 0) is 0 Å². The Balaban J connectivity index is 0.000000203. The number of aromatic carboxylic acids is 1. The van der Waals surface area contributed by atoms with Crippen molar-refractivity contribution in [2.75, 3.05) is 5.73 Å². The number of nitrogens with one attached hydrogen (secondary N) is 1. The Morgan fingerprint density at radius 3 is 2.22 bits per heavy atom. The molecule has 3 rings (SSSR count). The molecule has 0 radical (unpaired) electrons. The van der Waals surface area contributed by atoms with Gasteiger partial charge in [-0.25, -0.2) is 9.18 Å². The normalized spacial score (nSPS) is 10.0. The Kier molecular flexibility index (Phi) is 4.80. The smallest absolute Gasteiger partial charge is 0.358 e. The Labute approximate surface area is 132 Å². The zero-order valence-electron chi connectivity index (χ0n) is 12.7. The zero-order valence-corrected chi connectivity index (χ0v) is 12.7. The fraction of sp³-hybridized carbons (Fsp3) is 0.125. The highest BCUT2D eigenvalue weighted by molar-refractivity contribution is 5.89. The molecule has 0 aliphatic carbocycles. The van der Waals surface area contributed by atoms with E-state index in [1.54, 1.807) is 6.20 Å². The number of H-pyrrole nitrogens is 1. The highest BCUT2D eigenvalue weighted by Crippen LogP contribution is 2.18. The van der Waals surface area contributed by atoms with E-state index < -0.39 is 5.97 Å². The van der Waals surface area contributed by atoms with Crippen LogP contribution < -0.4 is 5.73 Å². The van der Waals surface area contributed by atoms with Crippen LogP contribution in [0.4, 0.5) is 10.1 Å². The average molecular weight is 316 g/mol. The number of halogens is 1. The number of hydrogen-bond donors (Lipinski definition) is 3. The minimum absolute atomic E-state index is 0.0393. The predicted molar refractivity (Wildman–Crippen MR) is 85.2 cm³/mol. The first-order chi connectivity index (χ1) is 10.9. The highest BCUT2D eigenvalue weighted by Gasteiger charge is 2.16. The van der Waals surface area contributed by atoms with E-state index in [0.717, 1.165) is 11.4 Å². The van der Waals surface area contributed by atoms with Crippen molar-refractivity contribution in [3.63, 3.8) is 0 Å². The van der Waals surface area contributed by atoms with Crippen LogP contribution in [0.2, 0.25) is 0 Å². The van der Waals surface area contributed by atoms with Crippen molar-refractivity contribution < 1.29 is 14.3 Å². The number of aromatic amines is 1. The maximum atomic E-state index is 12.0. The van der Waals surface area contributed by atoms with Crippen LogP contribution in [0.25, 0.3) is 5.69 Å². The highest BCUT2D eigenvalue weighted by atomic mass is 19.1. The van der Waals surface area contributed by atoms with Crippen molar-refractivity contribution in [1.29, 1.82) is 0 Å². The van der Waals surface area contributed by atoms with E-state index in [4.69, 9.17) is 10.8 Å². The van der Waals surface area contributed by atoms with Crippen LogP contribution in [0.1, 0.15) is 21.9 Å². The molecule has 0 spiro atoms. The lowest BCUT2D eigenvalue weighted by atomic mass is 10.3. The van der Waals surface area contributed by atoms with Crippen LogP contribution in [0, 0.1) is 19.7 Å². The Morgan fingerprint density at radius 2 is 1.74 bits per heavy atom. The van der Waals surface area contributed by atoms with Gasteiger partial charge in [-0.15, -0.1) is 0 Å². The van der Waals surface area contributed by atoms with Gasteiger partial charge in [0.25, 0.3) is 0 Å². The minimum atomic E-state index is -1.03. The average Bonchev–Trinajstić information content (AvgIpc) is 3.09. The molecule has 2 aromatic heterocycles. The summed E-state index contributed by atoms with van der Waals surface area (Å²) in [6, 6.07) is 9.58. The predicted octanol–water partition coefficient (Wildman–Crippen LogP) is 2.92. The van der Waals surface area contributed by atoms with Gasteiger partial charge in [0, 0.05) is 23.3 Å². The Bertz CT molecular complexity index is 765. The minimum Gasteiger partial charge on any atom is -0.476 e. The van der Waals surface area contributed by atoms with Crippen LogP contribution in [-0.4, -0.2) is 25.8 Å². The topological polar surface area (TPSA) is 96.9 Å². The number of aromatic nitrogens is 3. The summed E-state index contributed by atoms with van der Waals surface area (Å²) in [7, 11) is 0. The SMILES string of the molecule is Cc1ccc(C)n1-c1c[nH]nc1C(=O)O.Nc1ccc(F)cc1. The molecule has 4 N–H and O–H groups in total. The molecule has 23 heavy (non-hydrogen) atoms. The van der Waals surface area contributed by atoms with Crippen LogP contribution in [0.5, 0.6) is 0 Å². The quantitative estimate of drug-likeness (QED) is 0.633. The summed E-state index contributed by atoms with van der Waals surface area (Å²) in [6.45, 7) is 3.84. The van der Waals surface area contributed by atoms with Gasteiger partial charge in [-0.2, -0.15) is 5.10 Å². The number of benzene rings is 1. The van der Waals surface area contributed by atoms with Crippen LogP contribution in [0.3, 0.4) is 0 Å². The van der Waals surface area contributed by atoms with E-state index in [1.165, 1.54) is 24.3 Å². The molecule has 0 unspecified atom stereocenters.